The number of aromatic nitrogens is 2. The summed E-state index contributed by atoms with van der Waals surface area (Å²) < 4.78 is 109. The highest BCUT2D eigenvalue weighted by Crippen LogP contribution is 2.34. The summed E-state index contributed by atoms with van der Waals surface area (Å²) >= 11 is 1.46. The van der Waals surface area contributed by atoms with Crippen LogP contribution < -0.4 is 28.4 Å². The quantitative estimate of drug-likeness (QED) is 0.0156. The van der Waals surface area contributed by atoms with Crippen LogP contribution in [0.15, 0.2) is 97.1 Å². The van der Waals surface area contributed by atoms with Gasteiger partial charge in [-0.15, -0.1) is 10.2 Å². The molecule has 0 atom stereocenters. The van der Waals surface area contributed by atoms with Crippen molar-refractivity contribution in [3.63, 3.8) is 0 Å². The van der Waals surface area contributed by atoms with Gasteiger partial charge in [-0.3, -0.25) is 9.59 Å². The maximum absolute atomic E-state index is 15.6. The molecular weight excluding hydrogens is 1340 g/mol. The molecule has 0 N–H and O–H groups in total. The number of hydrogen-bond acceptors (Lipinski definition) is 13. The third-order valence-corrected chi connectivity index (χ3v) is 17.8. The van der Waals surface area contributed by atoms with Crippen molar-refractivity contribution in [2.75, 3.05) is 52.9 Å². The van der Waals surface area contributed by atoms with Gasteiger partial charge in [0.25, 0.3) is 0 Å². The van der Waals surface area contributed by atoms with Crippen LogP contribution in [0.4, 0.5) is 17.6 Å². The van der Waals surface area contributed by atoms with E-state index < -0.39 is 23.3 Å². The fourth-order valence-corrected chi connectivity index (χ4v) is 11.7. The molecule has 104 heavy (non-hydrogen) atoms. The van der Waals surface area contributed by atoms with E-state index in [1.165, 1.54) is 35.6 Å². The van der Waals surface area contributed by atoms with Crippen LogP contribution in [0.2, 0.25) is 0 Å². The Morgan fingerprint density at radius 1 is 0.317 bits per heavy atom. The normalized spacial score (nSPS) is 10.7. The second kappa shape index (κ2) is 47.0. The standard InChI is InChI=1S/C87H100F4N2O10S/c1-7-13-17-21-28-57-102-77-63-73(49-47-67-51-53-75(85(91)83(67)89)99-59-31-25-33-81(95)97-12-6)79(103-58-29-22-18-14-8-2)61-71(77)45-39-65-36-42-69(43-37-65)87-93-92-86(104-87)68-40-34-64(35-41-68)38-44-70-60-78(101-55-27-16-10-4)72(62-76(70)100-54-26-15-9-3)48-46-66-50-52-74(84(90)82(66)88)98-56-30-23-19-20-24-32-80(94)96-11-5/h34-37,40-43,50-53,60-63H,7-33,54-59H2,1-6H3. The third-order valence-electron chi connectivity index (χ3n) is 16.7. The smallest absolute Gasteiger partial charge is 0.305 e. The van der Waals surface area contributed by atoms with Crippen molar-refractivity contribution in [1.29, 1.82) is 0 Å². The largest absolute Gasteiger partial charge is 0.492 e. The third kappa shape index (κ3) is 28.0. The number of carbonyl (C=O) groups is 2. The van der Waals surface area contributed by atoms with E-state index in [4.69, 9.17) is 37.9 Å². The lowest BCUT2D eigenvalue weighted by Crippen LogP contribution is -2.06. The van der Waals surface area contributed by atoms with Crippen molar-refractivity contribution >= 4 is 23.3 Å². The number of benzene rings is 6. The van der Waals surface area contributed by atoms with Gasteiger partial charge in [0.15, 0.2) is 23.1 Å². The highest BCUT2D eigenvalue weighted by atomic mass is 32.1. The molecule has 0 bridgehead atoms. The van der Waals surface area contributed by atoms with E-state index in [1.54, 1.807) is 26.0 Å². The lowest BCUT2D eigenvalue weighted by atomic mass is 10.1. The summed E-state index contributed by atoms with van der Waals surface area (Å²) in [7, 11) is 0. The topological polar surface area (TPSA) is 134 Å². The van der Waals surface area contributed by atoms with Crippen LogP contribution in [0, 0.1) is 70.6 Å². The first-order chi connectivity index (χ1) is 50.9. The van der Waals surface area contributed by atoms with Crippen LogP contribution >= 0.6 is 11.3 Å². The van der Waals surface area contributed by atoms with Crippen LogP contribution in [0.1, 0.15) is 247 Å². The Labute approximate surface area is 618 Å². The Kier molecular flexibility index (Phi) is 37.0. The number of rotatable bonds is 43. The summed E-state index contributed by atoms with van der Waals surface area (Å²) in [4.78, 5) is 23.3. The van der Waals surface area contributed by atoms with E-state index in [1.807, 2.05) is 60.7 Å². The molecule has 0 aliphatic heterocycles. The lowest BCUT2D eigenvalue weighted by Gasteiger charge is -2.14. The highest BCUT2D eigenvalue weighted by molar-refractivity contribution is 7.17. The van der Waals surface area contributed by atoms with E-state index >= 15 is 17.6 Å². The number of hydrogen-bond donors (Lipinski definition) is 0. The number of halogens is 4. The molecular formula is C87H100F4N2O10S. The number of ether oxygens (including phenoxy) is 8. The van der Waals surface area contributed by atoms with E-state index in [0.29, 0.717) is 111 Å². The number of unbranched alkanes of at least 4 members (excludes halogenated alkanes) is 17. The molecule has 1 aromatic heterocycles. The van der Waals surface area contributed by atoms with Crippen molar-refractivity contribution in [3.8, 4) is 103 Å². The molecule has 0 spiro atoms. The molecule has 6 aromatic carbocycles. The van der Waals surface area contributed by atoms with Gasteiger partial charge in [0.1, 0.15) is 33.0 Å². The Morgan fingerprint density at radius 2 is 0.596 bits per heavy atom. The van der Waals surface area contributed by atoms with Crippen LogP contribution in [-0.2, 0) is 19.1 Å². The molecule has 0 radical (unpaired) electrons. The Hall–Kier alpha value is -9.42. The Morgan fingerprint density at radius 3 is 0.952 bits per heavy atom. The van der Waals surface area contributed by atoms with E-state index in [-0.39, 0.29) is 54.2 Å². The second-order valence-corrected chi connectivity index (χ2v) is 26.1. The molecule has 7 rings (SSSR count). The molecule has 0 saturated heterocycles. The summed E-state index contributed by atoms with van der Waals surface area (Å²) in [6.45, 7) is 14.8. The molecule has 17 heteroatoms. The van der Waals surface area contributed by atoms with Gasteiger partial charge in [-0.2, -0.15) is 8.78 Å². The highest BCUT2D eigenvalue weighted by Gasteiger charge is 2.19. The number of nitrogens with zero attached hydrogens (tertiary/aromatic N) is 2. The van der Waals surface area contributed by atoms with Crippen LogP contribution in [0.25, 0.3) is 21.1 Å². The SMILES string of the molecule is CCCCCCCOc1cc(C#Cc2ccc(OCCCCC(=O)OCC)c(F)c2F)c(OCCCCCCC)cc1C#Cc1ccc(-c2nnc(-c3ccc(C#Cc4cc(OCCCCC)c(C#Cc5ccc(OCCCCCCCC(=O)OCC)c(F)c5F)cc4OCCCCC)cc3)s2)cc1. The molecule has 0 fully saturated rings. The zero-order chi connectivity index (χ0) is 73.9. The predicted molar refractivity (Wildman–Crippen MR) is 405 cm³/mol. The fraction of sp³-hybridized carbons (Fsp3) is 0.448. The van der Waals surface area contributed by atoms with Gasteiger partial charge in [-0.05, 0) is 114 Å². The van der Waals surface area contributed by atoms with E-state index in [9.17, 15) is 9.59 Å². The van der Waals surface area contributed by atoms with Crippen molar-refractivity contribution in [2.24, 2.45) is 0 Å². The number of esters is 2. The van der Waals surface area contributed by atoms with Crippen LogP contribution in [0.3, 0.4) is 0 Å². The average Bonchev–Trinajstić information content (AvgIpc) is 0.927. The molecule has 0 unspecified atom stereocenters. The molecule has 12 nitrogen and oxygen atoms in total. The van der Waals surface area contributed by atoms with Crippen molar-refractivity contribution < 1.29 is 65.0 Å². The van der Waals surface area contributed by atoms with Gasteiger partial charge in [0.05, 0.1) is 86.2 Å². The van der Waals surface area contributed by atoms with Gasteiger partial charge in [0, 0.05) is 59.4 Å². The molecule has 0 saturated carbocycles. The summed E-state index contributed by atoms with van der Waals surface area (Å²) in [5.74, 6) is 21.6. The molecule has 1 heterocycles. The van der Waals surface area contributed by atoms with E-state index in [2.05, 4.69) is 85.3 Å². The Balaban J connectivity index is 1.07. The first-order valence-electron chi connectivity index (χ1n) is 37.4. The Bertz CT molecular complexity index is 4090. The summed E-state index contributed by atoms with van der Waals surface area (Å²) in [6.07, 6.45) is 21.5. The van der Waals surface area contributed by atoms with Crippen LogP contribution in [0.5, 0.6) is 34.5 Å². The summed E-state index contributed by atoms with van der Waals surface area (Å²) in [5, 5.41) is 10.6. The zero-order valence-electron chi connectivity index (χ0n) is 61.5. The minimum absolute atomic E-state index is 0.0998. The lowest BCUT2D eigenvalue weighted by molar-refractivity contribution is -0.144. The summed E-state index contributed by atoms with van der Waals surface area (Å²) in [6, 6.07) is 28.3. The number of carbonyl (C=O) groups excluding carboxylic acids is 2. The molecule has 552 valence electrons. The molecule has 0 amide bonds. The second-order valence-electron chi connectivity index (χ2n) is 25.2. The fourth-order valence-electron chi connectivity index (χ4n) is 10.8. The van der Waals surface area contributed by atoms with Crippen molar-refractivity contribution in [1.82, 2.24) is 10.2 Å². The van der Waals surface area contributed by atoms with Crippen molar-refractivity contribution in [3.05, 3.63) is 165 Å². The average molecular weight is 1440 g/mol. The minimum atomic E-state index is -1.14. The van der Waals surface area contributed by atoms with Gasteiger partial charge in [-0.25, -0.2) is 8.78 Å². The monoisotopic (exact) mass is 1440 g/mol. The minimum Gasteiger partial charge on any atom is -0.492 e. The van der Waals surface area contributed by atoms with Crippen LogP contribution in [-0.4, -0.2) is 75.0 Å². The van der Waals surface area contributed by atoms with Gasteiger partial charge in [-0.1, -0.05) is 207 Å². The zero-order valence-corrected chi connectivity index (χ0v) is 62.3. The first kappa shape index (κ1) is 81.9. The first-order valence-corrected chi connectivity index (χ1v) is 38.2. The van der Waals surface area contributed by atoms with Gasteiger partial charge in [0.2, 0.25) is 11.6 Å². The molecule has 7 aromatic rings. The van der Waals surface area contributed by atoms with Gasteiger partial charge < -0.3 is 37.9 Å². The summed E-state index contributed by atoms with van der Waals surface area (Å²) in [5.41, 5.74) is 5.04. The van der Waals surface area contributed by atoms with E-state index in [0.717, 1.165) is 161 Å². The molecule has 0 aliphatic carbocycles. The maximum Gasteiger partial charge on any atom is 0.305 e. The van der Waals surface area contributed by atoms with Gasteiger partial charge >= 0.3 is 11.9 Å². The maximum atomic E-state index is 15.6. The molecule has 0 aliphatic rings. The predicted octanol–water partition coefficient (Wildman–Crippen LogP) is 21.3. The van der Waals surface area contributed by atoms with Crippen molar-refractivity contribution in [2.45, 2.75) is 202 Å².